The molecule has 2 unspecified atom stereocenters. The molecule has 2 aromatic carbocycles. The summed E-state index contributed by atoms with van der Waals surface area (Å²) in [4.78, 5) is 34.4. The molecule has 0 spiro atoms. The van der Waals surface area contributed by atoms with E-state index < -0.39 is 17.3 Å². The molecule has 0 aliphatic carbocycles. The summed E-state index contributed by atoms with van der Waals surface area (Å²) in [6.45, 7) is 2.86. The molecule has 0 amide bonds. The van der Waals surface area contributed by atoms with E-state index in [9.17, 15) is 18.0 Å². The number of ether oxygens (including phenoxy) is 1. The lowest BCUT2D eigenvalue weighted by Gasteiger charge is -2.17. The van der Waals surface area contributed by atoms with Crippen molar-refractivity contribution < 1.29 is 17.9 Å². The summed E-state index contributed by atoms with van der Waals surface area (Å²) in [6, 6.07) is 15.0. The highest BCUT2D eigenvalue weighted by Crippen LogP contribution is 2.33. The van der Waals surface area contributed by atoms with E-state index in [2.05, 4.69) is 42.5 Å². The van der Waals surface area contributed by atoms with Crippen LogP contribution in [0.2, 0.25) is 0 Å². The third-order valence-corrected chi connectivity index (χ3v) is 8.66. The Labute approximate surface area is 268 Å². The van der Waals surface area contributed by atoms with Crippen molar-refractivity contribution in [2.75, 3.05) is 44.0 Å². The molecular formula is C34H33F3N8O2. The maximum Gasteiger partial charge on any atom is 0.416 e. The zero-order valence-electron chi connectivity index (χ0n) is 25.7. The number of rotatable bonds is 8. The SMILES string of the molecule is CN1CCC(Nc2ccc(Nc3ncc4cc(-c5cnc(C6CCOC6)nc5)c(=O)n(Cc5ccccc5C(F)(F)F)c4n3)cc2)C1. The van der Waals surface area contributed by atoms with Gasteiger partial charge in [0.2, 0.25) is 5.95 Å². The van der Waals surface area contributed by atoms with Gasteiger partial charge in [-0.15, -0.1) is 0 Å². The fraction of sp³-hybridized carbons (Fsp3) is 0.324. The number of benzene rings is 2. The molecule has 2 aliphatic heterocycles. The zero-order chi connectivity index (χ0) is 32.5. The Bertz CT molecular complexity index is 1940. The topological polar surface area (TPSA) is 110 Å². The van der Waals surface area contributed by atoms with Gasteiger partial charge in [-0.3, -0.25) is 9.36 Å². The van der Waals surface area contributed by atoms with Crippen LogP contribution in [0.5, 0.6) is 0 Å². The molecule has 5 aromatic rings. The lowest BCUT2D eigenvalue weighted by molar-refractivity contribution is -0.138. The van der Waals surface area contributed by atoms with Crippen molar-refractivity contribution >= 4 is 28.4 Å². The minimum absolute atomic E-state index is 0.0574. The summed E-state index contributed by atoms with van der Waals surface area (Å²) in [5.74, 6) is 0.907. The Hall–Kier alpha value is -4.88. The number of nitrogens with zero attached hydrogens (tertiary/aromatic N) is 6. The lowest BCUT2D eigenvalue weighted by atomic mass is 10.1. The van der Waals surface area contributed by atoms with Crippen LogP contribution < -0.4 is 16.2 Å². The fourth-order valence-electron chi connectivity index (χ4n) is 6.17. The molecule has 3 aromatic heterocycles. The van der Waals surface area contributed by atoms with Crippen LogP contribution in [-0.2, 0) is 17.5 Å². The number of anilines is 3. The molecule has 0 saturated carbocycles. The van der Waals surface area contributed by atoms with Crippen molar-refractivity contribution in [1.82, 2.24) is 29.4 Å². The lowest BCUT2D eigenvalue weighted by Crippen LogP contribution is -2.25. The van der Waals surface area contributed by atoms with Crippen LogP contribution in [0.3, 0.4) is 0 Å². The van der Waals surface area contributed by atoms with E-state index in [0.29, 0.717) is 36.0 Å². The zero-order valence-corrected chi connectivity index (χ0v) is 25.7. The maximum atomic E-state index is 14.1. The van der Waals surface area contributed by atoms with Crippen LogP contribution in [0.25, 0.3) is 22.2 Å². The van der Waals surface area contributed by atoms with Gasteiger partial charge >= 0.3 is 6.18 Å². The van der Waals surface area contributed by atoms with Crippen LogP contribution in [0.4, 0.5) is 30.5 Å². The van der Waals surface area contributed by atoms with Crippen LogP contribution in [0.1, 0.15) is 35.7 Å². The van der Waals surface area contributed by atoms with Gasteiger partial charge in [-0.25, -0.2) is 15.0 Å². The Balaban J connectivity index is 1.24. The minimum Gasteiger partial charge on any atom is -0.381 e. The third-order valence-electron chi connectivity index (χ3n) is 8.66. The molecule has 47 heavy (non-hydrogen) atoms. The Morgan fingerprint density at radius 1 is 0.979 bits per heavy atom. The fourth-order valence-corrected chi connectivity index (χ4v) is 6.17. The number of aromatic nitrogens is 5. The molecule has 13 heteroatoms. The Morgan fingerprint density at radius 3 is 2.45 bits per heavy atom. The van der Waals surface area contributed by atoms with Gasteiger partial charge in [0.15, 0.2) is 0 Å². The van der Waals surface area contributed by atoms with Crippen molar-refractivity contribution in [2.45, 2.75) is 37.5 Å². The second-order valence-corrected chi connectivity index (χ2v) is 12.1. The molecule has 242 valence electrons. The van der Waals surface area contributed by atoms with E-state index in [4.69, 9.17) is 4.74 Å². The minimum atomic E-state index is -4.60. The van der Waals surface area contributed by atoms with Crippen molar-refractivity contribution in [3.63, 3.8) is 0 Å². The summed E-state index contributed by atoms with van der Waals surface area (Å²) in [5, 5.41) is 7.18. The number of likely N-dealkylation sites (tertiary alicyclic amines) is 1. The van der Waals surface area contributed by atoms with Crippen LogP contribution in [0.15, 0.2) is 78.0 Å². The van der Waals surface area contributed by atoms with Crippen LogP contribution in [0, 0.1) is 0 Å². The maximum absolute atomic E-state index is 14.1. The van der Waals surface area contributed by atoms with E-state index in [1.54, 1.807) is 24.7 Å². The van der Waals surface area contributed by atoms with E-state index >= 15 is 0 Å². The van der Waals surface area contributed by atoms with E-state index in [1.807, 2.05) is 24.3 Å². The van der Waals surface area contributed by atoms with Gasteiger partial charge in [-0.1, -0.05) is 18.2 Å². The summed E-state index contributed by atoms with van der Waals surface area (Å²) in [5.41, 5.74) is 1.19. The summed E-state index contributed by atoms with van der Waals surface area (Å²) >= 11 is 0. The molecule has 0 radical (unpaired) electrons. The Kier molecular flexibility index (Phi) is 8.33. The van der Waals surface area contributed by atoms with Gasteiger partial charge in [0.05, 0.1) is 24.3 Å². The van der Waals surface area contributed by atoms with Crippen LogP contribution >= 0.6 is 0 Å². The highest BCUT2D eigenvalue weighted by molar-refractivity contribution is 5.81. The molecule has 2 N–H and O–H groups in total. The number of likely N-dealkylation sites (N-methyl/N-ethyl adjacent to an activating group) is 1. The molecular weight excluding hydrogens is 609 g/mol. The average molecular weight is 643 g/mol. The van der Waals surface area contributed by atoms with Gasteiger partial charge in [0.1, 0.15) is 11.5 Å². The number of hydrogen-bond donors (Lipinski definition) is 2. The molecule has 2 atom stereocenters. The smallest absolute Gasteiger partial charge is 0.381 e. The molecule has 2 fully saturated rings. The van der Waals surface area contributed by atoms with Gasteiger partial charge in [0, 0.05) is 66.0 Å². The number of pyridine rings is 1. The largest absolute Gasteiger partial charge is 0.416 e. The molecule has 2 aliphatic rings. The van der Waals surface area contributed by atoms with E-state index in [0.717, 1.165) is 43.4 Å². The molecule has 0 bridgehead atoms. The first-order valence-electron chi connectivity index (χ1n) is 15.5. The van der Waals surface area contributed by atoms with Crippen molar-refractivity contribution in [1.29, 1.82) is 0 Å². The molecule has 2 saturated heterocycles. The average Bonchev–Trinajstić information content (AvgIpc) is 3.75. The van der Waals surface area contributed by atoms with Gasteiger partial charge < -0.3 is 20.3 Å². The standard InChI is InChI=1S/C34H33F3N8O2/c1-44-12-10-27(19-44)41-25-6-8-26(9-7-25)42-33-40-15-23-14-28(24-16-38-30(39-17-24)22-11-13-47-20-22)32(46)45(31(23)43-33)18-21-4-2-3-5-29(21)34(35,36)37/h2-9,14-17,22,27,41H,10-13,18-20H2,1H3,(H,40,42,43). The number of alkyl halides is 3. The highest BCUT2D eigenvalue weighted by atomic mass is 19.4. The predicted octanol–water partition coefficient (Wildman–Crippen LogP) is 5.68. The molecule has 7 rings (SSSR count). The van der Waals surface area contributed by atoms with Crippen molar-refractivity contribution in [2.24, 2.45) is 0 Å². The summed E-state index contributed by atoms with van der Waals surface area (Å²) in [7, 11) is 2.10. The van der Waals surface area contributed by atoms with E-state index in [1.165, 1.54) is 22.8 Å². The first kappa shape index (κ1) is 30.8. The first-order valence-corrected chi connectivity index (χ1v) is 15.5. The van der Waals surface area contributed by atoms with Crippen molar-refractivity contribution in [3.05, 3.63) is 100 Å². The summed E-state index contributed by atoms with van der Waals surface area (Å²) < 4.78 is 48.7. The second kappa shape index (κ2) is 12.7. The third kappa shape index (κ3) is 6.67. The number of halogens is 3. The summed E-state index contributed by atoms with van der Waals surface area (Å²) in [6.07, 6.45) is 1.98. The monoisotopic (exact) mass is 642 g/mol. The van der Waals surface area contributed by atoms with Gasteiger partial charge in [0.25, 0.3) is 5.56 Å². The Morgan fingerprint density at radius 2 is 1.74 bits per heavy atom. The number of nitrogens with one attached hydrogen (secondary N) is 2. The normalized spacial score (nSPS) is 18.6. The number of hydrogen-bond acceptors (Lipinski definition) is 9. The van der Waals surface area contributed by atoms with E-state index in [-0.39, 0.29) is 35.2 Å². The first-order chi connectivity index (χ1) is 22.7. The van der Waals surface area contributed by atoms with Gasteiger partial charge in [-0.05, 0) is 68.4 Å². The number of fused-ring (bicyclic) bond motifs is 1. The van der Waals surface area contributed by atoms with Crippen molar-refractivity contribution in [3.8, 4) is 11.1 Å². The highest BCUT2D eigenvalue weighted by Gasteiger charge is 2.33. The second-order valence-electron chi connectivity index (χ2n) is 12.1. The quantitative estimate of drug-likeness (QED) is 0.221. The van der Waals surface area contributed by atoms with Crippen LogP contribution in [-0.4, -0.2) is 68.8 Å². The van der Waals surface area contributed by atoms with Gasteiger partial charge in [-0.2, -0.15) is 18.2 Å². The molecule has 10 nitrogen and oxygen atoms in total. The molecule has 5 heterocycles. The predicted molar refractivity (Wildman–Crippen MR) is 173 cm³/mol.